The quantitative estimate of drug-likeness (QED) is 0.310. The minimum atomic E-state index is -4.38. The van der Waals surface area contributed by atoms with Gasteiger partial charge in [0.15, 0.2) is 12.6 Å². The molecule has 0 aromatic carbocycles. The van der Waals surface area contributed by atoms with Gasteiger partial charge in [-0.2, -0.15) is 13.2 Å². The van der Waals surface area contributed by atoms with Crippen LogP contribution in [0.4, 0.5) is 13.2 Å². The van der Waals surface area contributed by atoms with Crippen molar-refractivity contribution in [3.8, 4) is 5.88 Å². The van der Waals surface area contributed by atoms with Crippen molar-refractivity contribution in [2.24, 2.45) is 16.6 Å². The van der Waals surface area contributed by atoms with Crippen LogP contribution in [0.5, 0.6) is 5.88 Å². The van der Waals surface area contributed by atoms with Crippen LogP contribution in [-0.4, -0.2) is 29.8 Å². The molecule has 1 aromatic rings. The van der Waals surface area contributed by atoms with E-state index in [1.807, 2.05) is 0 Å². The topological polar surface area (TPSA) is 72.5 Å². The number of halogens is 4. The fourth-order valence-corrected chi connectivity index (χ4v) is 2.12. The summed E-state index contributed by atoms with van der Waals surface area (Å²) in [5.41, 5.74) is 6.58. The Morgan fingerprint density at radius 3 is 2.50 bits per heavy atom. The summed E-state index contributed by atoms with van der Waals surface area (Å²) in [6.07, 6.45) is 0.367. The highest BCUT2D eigenvalue weighted by Crippen LogP contribution is 2.17. The van der Waals surface area contributed by atoms with Crippen molar-refractivity contribution in [3.63, 3.8) is 0 Å². The lowest BCUT2D eigenvalue weighted by Gasteiger charge is -2.15. The number of nitrogens with one attached hydrogen (secondary N) is 1. The zero-order valence-electron chi connectivity index (χ0n) is 15.3. The van der Waals surface area contributed by atoms with Crippen molar-refractivity contribution < 1.29 is 17.9 Å². The van der Waals surface area contributed by atoms with Gasteiger partial charge in [0.1, 0.15) is 0 Å². The number of rotatable bonds is 9. The van der Waals surface area contributed by atoms with E-state index in [0.717, 1.165) is 18.4 Å². The van der Waals surface area contributed by atoms with Crippen LogP contribution in [0, 0.1) is 5.92 Å². The first-order valence-electron chi connectivity index (χ1n) is 8.36. The fraction of sp³-hybridized carbons (Fsp3) is 0.647. The van der Waals surface area contributed by atoms with Gasteiger partial charge in [-0.15, -0.1) is 24.0 Å². The molecule has 0 aliphatic rings. The largest absolute Gasteiger partial charge is 0.468 e. The van der Waals surface area contributed by atoms with Gasteiger partial charge in [0.25, 0.3) is 0 Å². The first kappa shape index (κ1) is 24.7. The number of hydrogen-bond acceptors (Lipinski definition) is 3. The van der Waals surface area contributed by atoms with Gasteiger partial charge in [-0.25, -0.2) is 9.98 Å². The zero-order valence-corrected chi connectivity index (χ0v) is 17.7. The van der Waals surface area contributed by atoms with Crippen LogP contribution in [-0.2, 0) is 6.54 Å². The molecule has 0 radical (unpaired) electrons. The van der Waals surface area contributed by atoms with Crippen molar-refractivity contribution in [2.75, 3.05) is 6.61 Å². The lowest BCUT2D eigenvalue weighted by Crippen LogP contribution is -2.38. The average molecular weight is 488 g/mol. The minimum absolute atomic E-state index is 0. The van der Waals surface area contributed by atoms with E-state index in [4.69, 9.17) is 5.73 Å². The molecule has 1 unspecified atom stereocenters. The summed E-state index contributed by atoms with van der Waals surface area (Å²) in [5.74, 6) is 0.957. The highest BCUT2D eigenvalue weighted by molar-refractivity contribution is 14.0. The van der Waals surface area contributed by atoms with Crippen molar-refractivity contribution in [1.29, 1.82) is 0 Å². The van der Waals surface area contributed by atoms with E-state index >= 15 is 0 Å². The van der Waals surface area contributed by atoms with Gasteiger partial charge < -0.3 is 15.8 Å². The molecule has 1 aromatic heterocycles. The molecule has 3 N–H and O–H groups in total. The van der Waals surface area contributed by atoms with E-state index < -0.39 is 12.8 Å². The Bertz CT molecular complexity index is 536. The van der Waals surface area contributed by atoms with Crippen LogP contribution in [0.15, 0.2) is 23.3 Å². The summed E-state index contributed by atoms with van der Waals surface area (Å²) < 4.78 is 40.7. The summed E-state index contributed by atoms with van der Waals surface area (Å²) >= 11 is 0. The van der Waals surface area contributed by atoms with Crippen LogP contribution in [0.25, 0.3) is 0 Å². The molecule has 1 heterocycles. The first-order valence-corrected chi connectivity index (χ1v) is 8.36. The third-order valence-electron chi connectivity index (χ3n) is 3.43. The number of aromatic nitrogens is 1. The normalized spacial score (nSPS) is 13.3. The molecule has 0 saturated carbocycles. The number of nitrogens with two attached hydrogens (primary N) is 1. The van der Waals surface area contributed by atoms with Crippen molar-refractivity contribution in [1.82, 2.24) is 10.3 Å². The Balaban J connectivity index is 0.00000625. The molecule has 0 amide bonds. The monoisotopic (exact) mass is 488 g/mol. The predicted molar refractivity (Wildman–Crippen MR) is 108 cm³/mol. The molecule has 0 spiro atoms. The second kappa shape index (κ2) is 12.2. The number of ether oxygens (including phenoxy) is 1. The highest BCUT2D eigenvalue weighted by atomic mass is 127. The maximum absolute atomic E-state index is 12.1. The van der Waals surface area contributed by atoms with Gasteiger partial charge in [0, 0.05) is 18.3 Å². The number of hydrogen-bond donors (Lipinski definition) is 2. The number of pyridine rings is 1. The summed E-state index contributed by atoms with van der Waals surface area (Å²) in [7, 11) is 0. The number of aliphatic imine (C=N–C) groups is 1. The van der Waals surface area contributed by atoms with Gasteiger partial charge in [0.2, 0.25) is 5.88 Å². The number of guanidine groups is 1. The molecule has 1 atom stereocenters. The van der Waals surface area contributed by atoms with E-state index in [-0.39, 0.29) is 35.9 Å². The molecule has 0 fully saturated rings. The molecule has 5 nitrogen and oxygen atoms in total. The maximum atomic E-state index is 12.1. The second-order valence-corrected chi connectivity index (χ2v) is 6.48. The number of nitrogens with zero attached hydrogens (tertiary/aromatic N) is 2. The third-order valence-corrected chi connectivity index (χ3v) is 3.43. The van der Waals surface area contributed by atoms with Gasteiger partial charge in [-0.05, 0) is 24.8 Å². The van der Waals surface area contributed by atoms with Gasteiger partial charge >= 0.3 is 6.18 Å². The van der Waals surface area contributed by atoms with Gasteiger partial charge in [-0.3, -0.25) is 0 Å². The van der Waals surface area contributed by atoms with Crippen molar-refractivity contribution >= 4 is 29.9 Å². The van der Waals surface area contributed by atoms with E-state index in [1.165, 1.54) is 18.7 Å². The SMILES string of the molecule is CC(C)CCCC(C)NC(N)=NCc1ccc(OCC(F)(F)F)nc1.I. The summed E-state index contributed by atoms with van der Waals surface area (Å²) in [4.78, 5) is 8.04. The summed E-state index contributed by atoms with van der Waals surface area (Å²) in [5, 5.41) is 3.13. The number of alkyl halides is 3. The van der Waals surface area contributed by atoms with Crippen LogP contribution in [0.1, 0.15) is 45.6 Å². The Morgan fingerprint density at radius 2 is 1.96 bits per heavy atom. The van der Waals surface area contributed by atoms with E-state index in [0.29, 0.717) is 18.4 Å². The lowest BCUT2D eigenvalue weighted by atomic mass is 10.0. The molecule has 26 heavy (non-hydrogen) atoms. The van der Waals surface area contributed by atoms with E-state index in [1.54, 1.807) is 6.07 Å². The average Bonchev–Trinajstić information content (AvgIpc) is 2.51. The molecule has 0 bridgehead atoms. The maximum Gasteiger partial charge on any atom is 0.422 e. The first-order chi connectivity index (χ1) is 11.7. The molecular weight excluding hydrogens is 460 g/mol. The third kappa shape index (κ3) is 12.2. The summed E-state index contributed by atoms with van der Waals surface area (Å²) in [6, 6.07) is 3.23. The Morgan fingerprint density at radius 1 is 1.27 bits per heavy atom. The van der Waals surface area contributed by atoms with Crippen molar-refractivity contribution in [3.05, 3.63) is 23.9 Å². The Labute approximate surface area is 170 Å². The molecular formula is C17H28F3IN4O. The van der Waals surface area contributed by atoms with Crippen LogP contribution in [0.2, 0.25) is 0 Å². The standard InChI is InChI=1S/C17H27F3N4O.HI/c1-12(2)5-4-6-13(3)24-16(21)23-10-14-7-8-15(22-9-14)25-11-17(18,19)20;/h7-9,12-13H,4-6,10-11H2,1-3H3,(H3,21,23,24);1H. The lowest BCUT2D eigenvalue weighted by molar-refractivity contribution is -0.154. The fourth-order valence-electron chi connectivity index (χ4n) is 2.12. The van der Waals surface area contributed by atoms with Gasteiger partial charge in [0.05, 0.1) is 6.54 Å². The molecule has 150 valence electrons. The van der Waals surface area contributed by atoms with Gasteiger partial charge in [-0.1, -0.05) is 32.8 Å². The minimum Gasteiger partial charge on any atom is -0.468 e. The zero-order chi connectivity index (χ0) is 18.9. The Hall–Kier alpha value is -1.26. The van der Waals surface area contributed by atoms with Crippen LogP contribution in [0.3, 0.4) is 0 Å². The van der Waals surface area contributed by atoms with Crippen LogP contribution < -0.4 is 15.8 Å². The summed E-state index contributed by atoms with van der Waals surface area (Å²) in [6.45, 7) is 5.38. The molecule has 0 saturated heterocycles. The van der Waals surface area contributed by atoms with E-state index in [2.05, 4.69) is 40.8 Å². The highest BCUT2D eigenvalue weighted by Gasteiger charge is 2.28. The van der Waals surface area contributed by atoms with E-state index in [9.17, 15) is 13.2 Å². The molecule has 9 heteroatoms. The Kier molecular flexibility index (Phi) is 11.6. The predicted octanol–water partition coefficient (Wildman–Crippen LogP) is 4.26. The second-order valence-electron chi connectivity index (χ2n) is 6.48. The molecule has 0 aliphatic heterocycles. The smallest absolute Gasteiger partial charge is 0.422 e. The van der Waals surface area contributed by atoms with Crippen LogP contribution >= 0.6 is 24.0 Å². The molecule has 1 rings (SSSR count). The molecule has 0 aliphatic carbocycles. The van der Waals surface area contributed by atoms with Crippen molar-refractivity contribution in [2.45, 2.75) is 58.8 Å².